The molecule has 0 bridgehead atoms. The highest BCUT2D eigenvalue weighted by atomic mass is 19.1. The molecule has 4 N–H and O–H groups in total. The van der Waals surface area contributed by atoms with Gasteiger partial charge in [-0.25, -0.2) is 8.78 Å². The normalized spacial score (nSPS) is 21.4. The van der Waals surface area contributed by atoms with Crippen molar-refractivity contribution in [2.75, 3.05) is 13.1 Å². The van der Waals surface area contributed by atoms with Crippen LogP contribution in [0, 0.1) is 11.6 Å². The number of carbonyl (C=O) groups is 4. The smallest absolute Gasteiger partial charge is 0.302 e. The fourth-order valence-electron chi connectivity index (χ4n) is 7.60. The van der Waals surface area contributed by atoms with Crippen molar-refractivity contribution in [2.45, 2.75) is 90.1 Å². The van der Waals surface area contributed by atoms with Crippen LogP contribution in [0.15, 0.2) is 36.4 Å². The Kier molecular flexibility index (Phi) is 9.47. The van der Waals surface area contributed by atoms with Gasteiger partial charge in [0.1, 0.15) is 23.8 Å². The minimum absolute atomic E-state index is 0.160. The lowest BCUT2D eigenvalue weighted by atomic mass is 9.95. The first-order valence-electron chi connectivity index (χ1n) is 16.6. The minimum Gasteiger partial charge on any atom is -0.461 e. The number of nitrogens with two attached hydrogens (primary N) is 1. The molecule has 11 nitrogen and oxygen atoms in total. The molecule has 2 aromatic carbocycles. The van der Waals surface area contributed by atoms with Gasteiger partial charge in [0, 0.05) is 67.5 Å². The van der Waals surface area contributed by atoms with Gasteiger partial charge < -0.3 is 35.0 Å². The Balaban J connectivity index is 1.47. The summed E-state index contributed by atoms with van der Waals surface area (Å²) in [6.07, 6.45) is 0.937. The van der Waals surface area contributed by atoms with E-state index in [1.165, 1.54) is 45.0 Å². The number of esters is 2. The maximum atomic E-state index is 14.6. The summed E-state index contributed by atoms with van der Waals surface area (Å²) in [5.74, 6) is -2.15. The Morgan fingerprint density at radius 3 is 1.67 bits per heavy atom. The second kappa shape index (κ2) is 13.6. The molecule has 13 heteroatoms. The number of nitrogens with one attached hydrogen (secondary N) is 2. The quantitative estimate of drug-likeness (QED) is 0.221. The van der Waals surface area contributed by atoms with E-state index in [1.807, 2.05) is 6.92 Å². The van der Waals surface area contributed by atoms with Crippen LogP contribution in [0.4, 0.5) is 8.78 Å². The zero-order chi connectivity index (χ0) is 35.1. The van der Waals surface area contributed by atoms with Crippen LogP contribution in [0.5, 0.6) is 0 Å². The fraction of sp³-hybridized carbons (Fsp3) is 0.444. The molecule has 4 heterocycles. The molecule has 2 saturated heterocycles. The maximum Gasteiger partial charge on any atom is 0.302 e. The number of aromatic amines is 2. The summed E-state index contributed by atoms with van der Waals surface area (Å²) >= 11 is 0. The molecule has 0 radical (unpaired) electrons. The van der Waals surface area contributed by atoms with Gasteiger partial charge in [0.15, 0.2) is 0 Å². The molecule has 49 heavy (non-hydrogen) atoms. The van der Waals surface area contributed by atoms with Crippen molar-refractivity contribution in [3.05, 3.63) is 59.2 Å². The van der Waals surface area contributed by atoms with Crippen molar-refractivity contribution in [1.29, 1.82) is 0 Å². The highest BCUT2D eigenvalue weighted by Gasteiger charge is 2.40. The summed E-state index contributed by atoms with van der Waals surface area (Å²) < 4.78 is 40.2. The number of nitrogens with zero attached hydrogens (tertiary/aromatic N) is 2. The Morgan fingerprint density at radius 2 is 1.24 bits per heavy atom. The first kappa shape index (κ1) is 34.1. The average molecular weight is 678 g/mol. The monoisotopic (exact) mass is 677 g/mol. The number of H-pyrrole nitrogens is 2. The topological polar surface area (TPSA) is 151 Å². The molecule has 1 unspecified atom stereocenters. The van der Waals surface area contributed by atoms with E-state index in [4.69, 9.17) is 15.2 Å². The standard InChI is InChI=1S/C36H41F2N5O6/c1-5-31(39)36(47)43-17-26(49-20(4)46)13-24(43)15-30-28-9-7-22(38)11-33(28)41-35(30)34-29(27-8-6-21(37)10-32(27)40-34)14-23-12-25(48-19(3)45)16-42(23)18(2)44/h6-11,23-26,31,40-41H,5,12-17,39H2,1-4H3/t23-,24-,25?,26-,31-/m0/s1. The third-order valence-corrected chi connectivity index (χ3v) is 9.73. The summed E-state index contributed by atoms with van der Waals surface area (Å²) in [4.78, 5) is 60.0. The molecule has 2 aliphatic rings. The van der Waals surface area contributed by atoms with Crippen molar-refractivity contribution in [3.8, 4) is 11.4 Å². The molecule has 0 saturated carbocycles. The molecule has 6 rings (SSSR count). The van der Waals surface area contributed by atoms with Gasteiger partial charge in [0.25, 0.3) is 0 Å². The number of benzene rings is 2. The van der Waals surface area contributed by atoms with Crippen LogP contribution in [0.25, 0.3) is 33.2 Å². The summed E-state index contributed by atoms with van der Waals surface area (Å²) in [5, 5.41) is 1.48. The SMILES string of the molecule is CC[C@H](N)C(=O)N1C[C@@H](OC(C)=O)C[C@H]1Cc1c(-c2[nH]c3cc(F)ccc3c2C[C@@H]2CC(OC(C)=O)CN2C(C)=O)[nH]c2cc(F)ccc12. The number of ether oxygens (including phenoxy) is 2. The van der Waals surface area contributed by atoms with Crippen LogP contribution in [-0.2, 0) is 41.5 Å². The van der Waals surface area contributed by atoms with Gasteiger partial charge in [0.05, 0.1) is 30.5 Å². The van der Waals surface area contributed by atoms with Gasteiger partial charge in [-0.2, -0.15) is 0 Å². The summed E-state index contributed by atoms with van der Waals surface area (Å²) in [6, 6.07) is 7.47. The number of hydrogen-bond donors (Lipinski definition) is 3. The number of amides is 2. The predicted octanol–water partition coefficient (Wildman–Crippen LogP) is 4.50. The van der Waals surface area contributed by atoms with Crippen LogP contribution >= 0.6 is 0 Å². The Hall–Kier alpha value is -4.78. The van der Waals surface area contributed by atoms with E-state index in [2.05, 4.69) is 9.97 Å². The number of hydrogen-bond acceptors (Lipinski definition) is 7. The molecule has 2 aliphatic heterocycles. The molecule has 0 aliphatic carbocycles. The molecule has 4 aromatic rings. The van der Waals surface area contributed by atoms with Crippen molar-refractivity contribution in [3.63, 3.8) is 0 Å². The number of halogens is 2. The lowest BCUT2D eigenvalue weighted by molar-refractivity contribution is -0.147. The molecular formula is C36H41F2N5O6. The molecule has 0 spiro atoms. The zero-order valence-electron chi connectivity index (χ0n) is 28.0. The van der Waals surface area contributed by atoms with E-state index in [1.54, 1.807) is 21.9 Å². The van der Waals surface area contributed by atoms with Gasteiger partial charge in [-0.05, 0) is 66.8 Å². The third kappa shape index (κ3) is 6.89. The van der Waals surface area contributed by atoms with Gasteiger partial charge in [-0.3, -0.25) is 19.2 Å². The van der Waals surface area contributed by atoms with E-state index < -0.39 is 47.9 Å². The molecule has 260 valence electrons. The molecule has 2 amide bonds. The Morgan fingerprint density at radius 1 is 0.796 bits per heavy atom. The second-order valence-electron chi connectivity index (χ2n) is 13.2. The van der Waals surface area contributed by atoms with E-state index >= 15 is 0 Å². The Labute approximate surface area is 282 Å². The number of carbonyl (C=O) groups excluding carboxylic acids is 4. The minimum atomic E-state index is -0.725. The molecule has 2 aromatic heterocycles. The van der Waals surface area contributed by atoms with Crippen LogP contribution in [-0.4, -0.2) is 86.9 Å². The average Bonchev–Trinajstić information content (AvgIpc) is 3.79. The summed E-state index contributed by atoms with van der Waals surface area (Å²) in [7, 11) is 0. The number of likely N-dealkylation sites (tertiary alicyclic amines) is 2. The van der Waals surface area contributed by atoms with E-state index in [9.17, 15) is 28.0 Å². The first-order chi connectivity index (χ1) is 23.3. The van der Waals surface area contributed by atoms with Gasteiger partial charge in [-0.1, -0.05) is 6.92 Å². The van der Waals surface area contributed by atoms with Crippen molar-refractivity contribution >= 4 is 45.6 Å². The molecular weight excluding hydrogens is 636 g/mol. The van der Waals surface area contributed by atoms with Crippen LogP contribution in [0.2, 0.25) is 0 Å². The zero-order valence-corrected chi connectivity index (χ0v) is 28.0. The van der Waals surface area contributed by atoms with Crippen molar-refractivity contribution in [1.82, 2.24) is 19.8 Å². The largest absolute Gasteiger partial charge is 0.461 e. The highest BCUT2D eigenvalue weighted by Crippen LogP contribution is 2.40. The van der Waals surface area contributed by atoms with Crippen LogP contribution in [0.3, 0.4) is 0 Å². The lowest BCUT2D eigenvalue weighted by Gasteiger charge is -2.27. The van der Waals surface area contributed by atoms with Crippen molar-refractivity contribution < 1.29 is 37.4 Å². The van der Waals surface area contributed by atoms with Crippen molar-refractivity contribution in [2.24, 2.45) is 5.73 Å². The maximum absolute atomic E-state index is 14.6. The number of fused-ring (bicyclic) bond motifs is 2. The lowest BCUT2D eigenvalue weighted by Crippen LogP contribution is -2.46. The highest BCUT2D eigenvalue weighted by molar-refractivity contribution is 5.96. The number of rotatable bonds is 9. The van der Waals surface area contributed by atoms with E-state index in [-0.39, 0.29) is 30.9 Å². The summed E-state index contributed by atoms with van der Waals surface area (Å²) in [6.45, 7) is 6.43. The molecule has 5 atom stereocenters. The van der Waals surface area contributed by atoms with Gasteiger partial charge in [-0.15, -0.1) is 0 Å². The second-order valence-corrected chi connectivity index (χ2v) is 13.2. The van der Waals surface area contributed by atoms with E-state index in [0.29, 0.717) is 54.5 Å². The third-order valence-electron chi connectivity index (χ3n) is 9.73. The fourth-order valence-corrected chi connectivity index (χ4v) is 7.60. The van der Waals surface area contributed by atoms with Crippen LogP contribution in [0.1, 0.15) is 58.1 Å². The van der Waals surface area contributed by atoms with Crippen LogP contribution < -0.4 is 5.73 Å². The first-order valence-corrected chi connectivity index (χ1v) is 16.6. The predicted molar refractivity (Wildman–Crippen MR) is 178 cm³/mol. The van der Waals surface area contributed by atoms with Gasteiger partial charge in [0.2, 0.25) is 11.8 Å². The summed E-state index contributed by atoms with van der Waals surface area (Å²) in [5.41, 5.74) is 10.1. The molecule has 2 fully saturated rings. The Bertz CT molecular complexity index is 1940. The van der Waals surface area contributed by atoms with E-state index in [0.717, 1.165) is 21.9 Å². The number of aromatic nitrogens is 2. The van der Waals surface area contributed by atoms with Gasteiger partial charge >= 0.3 is 11.9 Å².